The van der Waals surface area contributed by atoms with Gasteiger partial charge in [0.25, 0.3) is 0 Å². The van der Waals surface area contributed by atoms with Crippen LogP contribution in [0.1, 0.15) is 0 Å². The lowest BCUT2D eigenvalue weighted by Gasteiger charge is -2.09. The van der Waals surface area contributed by atoms with Gasteiger partial charge in [-0.3, -0.25) is 4.98 Å². The first-order valence-electron chi connectivity index (χ1n) is 5.30. The molecular weight excluding hydrogens is 230 g/mol. The van der Waals surface area contributed by atoms with Crippen LogP contribution in [-0.2, 0) is 0 Å². The van der Waals surface area contributed by atoms with Crippen molar-refractivity contribution in [3.63, 3.8) is 0 Å². The molecular formula is C13H13N3S. The molecule has 0 bridgehead atoms. The maximum atomic E-state index is 5.13. The largest absolute Gasteiger partial charge is 0.359 e. The summed E-state index contributed by atoms with van der Waals surface area (Å²) >= 11 is 5.13. The summed E-state index contributed by atoms with van der Waals surface area (Å²) in [7, 11) is 0. The Hall–Kier alpha value is -1.94. The van der Waals surface area contributed by atoms with Crippen LogP contribution in [0.15, 0.2) is 49.2 Å². The molecule has 2 rings (SSSR count). The maximum Gasteiger partial charge on any atom is 0.171 e. The normalized spacial score (nSPS) is 9.88. The predicted octanol–water partition coefficient (Wildman–Crippen LogP) is 2.71. The van der Waals surface area contributed by atoms with Crippen LogP contribution in [0, 0.1) is 0 Å². The van der Waals surface area contributed by atoms with E-state index in [-0.39, 0.29) is 0 Å². The fourth-order valence-electron chi connectivity index (χ4n) is 1.48. The molecule has 0 saturated heterocycles. The average molecular weight is 243 g/mol. The van der Waals surface area contributed by atoms with Crippen LogP contribution < -0.4 is 10.6 Å². The zero-order valence-corrected chi connectivity index (χ0v) is 10.1. The summed E-state index contributed by atoms with van der Waals surface area (Å²) in [5, 5.41) is 7.74. The highest BCUT2D eigenvalue weighted by Gasteiger charge is 1.98. The number of anilines is 1. The van der Waals surface area contributed by atoms with E-state index in [2.05, 4.69) is 22.2 Å². The Balaban J connectivity index is 2.13. The highest BCUT2D eigenvalue weighted by atomic mass is 32.1. The quantitative estimate of drug-likeness (QED) is 0.642. The minimum absolute atomic E-state index is 0.571. The molecule has 2 N–H and O–H groups in total. The summed E-state index contributed by atoms with van der Waals surface area (Å²) in [5.74, 6) is 0. The molecule has 0 atom stereocenters. The molecule has 4 heteroatoms. The molecule has 3 nitrogen and oxygen atoms in total. The lowest BCUT2D eigenvalue weighted by atomic mass is 10.2. The predicted molar refractivity (Wildman–Crippen MR) is 76.2 cm³/mol. The molecule has 2 aromatic rings. The second kappa shape index (κ2) is 5.41. The van der Waals surface area contributed by atoms with E-state index < -0.39 is 0 Å². The molecule has 0 aliphatic rings. The second-order valence-corrected chi connectivity index (χ2v) is 3.95. The lowest BCUT2D eigenvalue weighted by Crippen LogP contribution is -2.28. The summed E-state index contributed by atoms with van der Waals surface area (Å²) in [6.45, 7) is 4.26. The summed E-state index contributed by atoms with van der Waals surface area (Å²) in [5.41, 5.74) is 1.85. The number of nitrogens with zero attached hydrogens (tertiary/aromatic N) is 1. The molecule has 0 aliphatic heterocycles. The van der Waals surface area contributed by atoms with Crippen molar-refractivity contribution in [2.75, 3.05) is 11.9 Å². The number of hydrogen-bond acceptors (Lipinski definition) is 2. The van der Waals surface area contributed by atoms with E-state index in [9.17, 15) is 0 Å². The number of nitrogens with one attached hydrogen (secondary N) is 2. The van der Waals surface area contributed by atoms with Gasteiger partial charge in [0.05, 0.1) is 17.4 Å². The molecule has 1 heterocycles. The monoisotopic (exact) mass is 243 g/mol. The van der Waals surface area contributed by atoms with Gasteiger partial charge >= 0.3 is 0 Å². The van der Waals surface area contributed by atoms with Crippen molar-refractivity contribution in [3.8, 4) is 0 Å². The summed E-state index contributed by atoms with van der Waals surface area (Å²) in [6.07, 6.45) is 3.52. The Labute approximate surface area is 106 Å². The molecule has 0 unspecified atom stereocenters. The van der Waals surface area contributed by atoms with Crippen molar-refractivity contribution < 1.29 is 0 Å². The highest BCUT2D eigenvalue weighted by Crippen LogP contribution is 2.15. The lowest BCUT2D eigenvalue weighted by molar-refractivity contribution is 1.06. The number of pyridine rings is 1. The van der Waals surface area contributed by atoms with Gasteiger partial charge in [-0.1, -0.05) is 24.3 Å². The number of hydrogen-bond donors (Lipinski definition) is 2. The van der Waals surface area contributed by atoms with Gasteiger partial charge in [0, 0.05) is 11.9 Å². The van der Waals surface area contributed by atoms with E-state index in [1.165, 1.54) is 0 Å². The van der Waals surface area contributed by atoms with Crippen LogP contribution in [0.25, 0.3) is 10.9 Å². The van der Waals surface area contributed by atoms with Gasteiger partial charge in [0.15, 0.2) is 5.11 Å². The third-order valence-electron chi connectivity index (χ3n) is 2.26. The van der Waals surface area contributed by atoms with E-state index >= 15 is 0 Å². The molecule has 0 amide bonds. The molecule has 1 aromatic heterocycles. The van der Waals surface area contributed by atoms with Gasteiger partial charge < -0.3 is 10.6 Å². The van der Waals surface area contributed by atoms with Gasteiger partial charge in [-0.05, 0) is 24.4 Å². The van der Waals surface area contributed by atoms with E-state index in [4.69, 9.17) is 12.2 Å². The number of benzene rings is 1. The Bertz CT molecular complexity index is 551. The van der Waals surface area contributed by atoms with Crippen molar-refractivity contribution >= 4 is 33.9 Å². The Morgan fingerprint density at radius 2 is 2.24 bits per heavy atom. The Kier molecular flexibility index (Phi) is 3.67. The van der Waals surface area contributed by atoms with Crippen molar-refractivity contribution in [1.82, 2.24) is 10.3 Å². The van der Waals surface area contributed by atoms with Gasteiger partial charge in [0.2, 0.25) is 0 Å². The Morgan fingerprint density at radius 3 is 3.06 bits per heavy atom. The minimum Gasteiger partial charge on any atom is -0.359 e. The number of fused-ring (bicyclic) bond motifs is 1. The molecule has 0 radical (unpaired) electrons. The first-order valence-corrected chi connectivity index (χ1v) is 5.71. The van der Waals surface area contributed by atoms with Crippen molar-refractivity contribution in [2.24, 2.45) is 0 Å². The Morgan fingerprint density at radius 1 is 1.41 bits per heavy atom. The summed E-state index contributed by atoms with van der Waals surface area (Å²) in [6, 6.07) is 9.98. The van der Waals surface area contributed by atoms with Gasteiger partial charge in [-0.25, -0.2) is 0 Å². The highest BCUT2D eigenvalue weighted by molar-refractivity contribution is 7.80. The fraction of sp³-hybridized carbons (Fsp3) is 0.0769. The van der Waals surface area contributed by atoms with Crippen LogP contribution in [-0.4, -0.2) is 16.6 Å². The van der Waals surface area contributed by atoms with E-state index in [0.29, 0.717) is 11.7 Å². The summed E-state index contributed by atoms with van der Waals surface area (Å²) in [4.78, 5) is 4.34. The van der Waals surface area contributed by atoms with E-state index in [0.717, 1.165) is 16.6 Å². The van der Waals surface area contributed by atoms with Crippen LogP contribution in [0.2, 0.25) is 0 Å². The van der Waals surface area contributed by atoms with Crippen LogP contribution >= 0.6 is 12.2 Å². The van der Waals surface area contributed by atoms with Crippen molar-refractivity contribution in [2.45, 2.75) is 0 Å². The second-order valence-electron chi connectivity index (χ2n) is 3.54. The van der Waals surface area contributed by atoms with Crippen LogP contribution in [0.5, 0.6) is 0 Å². The zero-order chi connectivity index (χ0) is 12.1. The zero-order valence-electron chi connectivity index (χ0n) is 9.31. The third kappa shape index (κ3) is 3.01. The fourth-order valence-corrected chi connectivity index (χ4v) is 1.68. The molecule has 0 spiro atoms. The topological polar surface area (TPSA) is 37.0 Å². The maximum absolute atomic E-state index is 5.13. The SMILES string of the molecule is C=CCNC(=S)Nc1cnc2ccccc2c1. The van der Waals surface area contributed by atoms with Gasteiger partial charge in [-0.2, -0.15) is 0 Å². The number of rotatable bonds is 3. The standard InChI is InChI=1S/C13H13N3S/c1-2-7-14-13(17)16-11-8-10-5-3-4-6-12(10)15-9-11/h2-6,8-9H,1,7H2,(H2,14,16,17). The van der Waals surface area contributed by atoms with E-state index in [1.807, 2.05) is 30.3 Å². The van der Waals surface area contributed by atoms with Crippen molar-refractivity contribution in [3.05, 3.63) is 49.2 Å². The van der Waals surface area contributed by atoms with E-state index in [1.54, 1.807) is 12.3 Å². The van der Waals surface area contributed by atoms with Gasteiger partial charge in [0.1, 0.15) is 0 Å². The molecule has 0 fully saturated rings. The third-order valence-corrected chi connectivity index (χ3v) is 2.50. The smallest absolute Gasteiger partial charge is 0.171 e. The minimum atomic E-state index is 0.571. The first-order chi connectivity index (χ1) is 8.29. The van der Waals surface area contributed by atoms with Gasteiger partial charge in [-0.15, -0.1) is 6.58 Å². The number of aromatic nitrogens is 1. The number of para-hydroxylation sites is 1. The molecule has 0 aliphatic carbocycles. The van der Waals surface area contributed by atoms with Crippen LogP contribution in [0.4, 0.5) is 5.69 Å². The summed E-state index contributed by atoms with van der Waals surface area (Å²) < 4.78 is 0. The first kappa shape index (κ1) is 11.5. The molecule has 86 valence electrons. The number of thiocarbonyl (C=S) groups is 1. The molecule has 1 aromatic carbocycles. The van der Waals surface area contributed by atoms with Crippen LogP contribution in [0.3, 0.4) is 0 Å². The van der Waals surface area contributed by atoms with Crippen molar-refractivity contribution in [1.29, 1.82) is 0 Å². The molecule has 0 saturated carbocycles. The molecule has 17 heavy (non-hydrogen) atoms. The average Bonchev–Trinajstić information content (AvgIpc) is 2.36.